The highest BCUT2D eigenvalue weighted by Gasteiger charge is 2.07. The molecule has 1 heterocycles. The van der Waals surface area contributed by atoms with Crippen LogP contribution in [0.1, 0.15) is 19.8 Å². The van der Waals surface area contributed by atoms with Crippen LogP contribution in [0.15, 0.2) is 35.1 Å². The summed E-state index contributed by atoms with van der Waals surface area (Å²) in [7, 11) is 1.66. The van der Waals surface area contributed by atoms with Crippen LogP contribution in [0.2, 0.25) is 0 Å². The third-order valence-electron chi connectivity index (χ3n) is 2.87. The smallest absolute Gasteiger partial charge is 0.207 e. The van der Waals surface area contributed by atoms with E-state index in [9.17, 15) is 0 Å². The van der Waals surface area contributed by atoms with E-state index in [-0.39, 0.29) is 0 Å². The molecule has 0 saturated heterocycles. The van der Waals surface area contributed by atoms with E-state index in [1.54, 1.807) is 13.3 Å². The molecular weight excluding hydrogens is 306 g/mol. The third kappa shape index (κ3) is 3.29. The average Bonchev–Trinajstić information content (AvgIpc) is 2.87. The Morgan fingerprint density at radius 2 is 2.26 bits per heavy atom. The molecule has 2 aromatic rings. The van der Waals surface area contributed by atoms with Crippen molar-refractivity contribution < 1.29 is 4.74 Å². The maximum atomic E-state index is 5.24. The van der Waals surface area contributed by atoms with E-state index in [1.807, 2.05) is 29.0 Å². The molecule has 19 heavy (non-hydrogen) atoms. The molecule has 0 aliphatic rings. The van der Waals surface area contributed by atoms with Gasteiger partial charge in [0.1, 0.15) is 5.75 Å². The monoisotopic (exact) mass is 323 g/mol. The van der Waals surface area contributed by atoms with Gasteiger partial charge in [-0.15, -0.1) is 0 Å². The lowest BCUT2D eigenvalue weighted by atomic mass is 10.3. The Labute approximate surface area is 121 Å². The molecule has 0 aliphatic carbocycles. The summed E-state index contributed by atoms with van der Waals surface area (Å²) in [5.74, 6) is 1.69. The van der Waals surface area contributed by atoms with Gasteiger partial charge in [0.25, 0.3) is 0 Å². The average molecular weight is 324 g/mol. The molecule has 1 N–H and O–H groups in total. The Balaban J connectivity index is 2.22. The minimum Gasteiger partial charge on any atom is -0.496 e. The zero-order chi connectivity index (χ0) is 13.7. The Bertz CT molecular complexity index is 539. The lowest BCUT2D eigenvalue weighted by molar-refractivity contribution is 0.412. The normalized spacial score (nSPS) is 10.5. The van der Waals surface area contributed by atoms with Gasteiger partial charge in [-0.3, -0.25) is 4.57 Å². The van der Waals surface area contributed by atoms with E-state index in [4.69, 9.17) is 4.74 Å². The second-order valence-corrected chi connectivity index (χ2v) is 5.07. The minimum atomic E-state index is 0.823. The zero-order valence-corrected chi connectivity index (χ0v) is 12.8. The van der Waals surface area contributed by atoms with Gasteiger partial charge in [0.2, 0.25) is 5.95 Å². The van der Waals surface area contributed by atoms with Gasteiger partial charge in [-0.2, -0.15) is 0 Å². The van der Waals surface area contributed by atoms with Crippen LogP contribution in [-0.2, 0) is 0 Å². The van der Waals surface area contributed by atoms with Crippen LogP contribution in [0.3, 0.4) is 0 Å². The second-order valence-electron chi connectivity index (χ2n) is 4.22. The summed E-state index contributed by atoms with van der Waals surface area (Å²) in [6.45, 7) is 3.11. The van der Waals surface area contributed by atoms with Gasteiger partial charge in [0.05, 0.1) is 11.6 Å². The van der Waals surface area contributed by atoms with Crippen LogP contribution in [0.5, 0.6) is 5.75 Å². The summed E-state index contributed by atoms with van der Waals surface area (Å²) in [4.78, 5) is 4.34. The molecule has 102 valence electrons. The van der Waals surface area contributed by atoms with E-state index in [2.05, 4.69) is 33.2 Å². The van der Waals surface area contributed by atoms with E-state index < -0.39 is 0 Å². The van der Waals surface area contributed by atoms with Gasteiger partial charge in [0.15, 0.2) is 0 Å². The summed E-state index contributed by atoms with van der Waals surface area (Å²) in [5, 5.41) is 3.35. The number of nitrogens with one attached hydrogen (secondary N) is 1. The number of unbranched alkanes of at least 4 members (excludes halogenated alkanes) is 1. The molecule has 0 atom stereocenters. The number of methoxy groups -OCH3 is 1. The molecule has 0 aliphatic heterocycles. The van der Waals surface area contributed by atoms with Crippen LogP contribution in [0.4, 0.5) is 5.95 Å². The van der Waals surface area contributed by atoms with Crippen molar-refractivity contribution in [2.45, 2.75) is 19.8 Å². The van der Waals surface area contributed by atoms with Crippen LogP contribution in [0, 0.1) is 0 Å². The Kier molecular flexibility index (Phi) is 4.85. The SMILES string of the molecule is CCCCNc1nccn1-c1ccc(OC)c(Br)c1. The van der Waals surface area contributed by atoms with E-state index in [1.165, 1.54) is 6.42 Å². The van der Waals surface area contributed by atoms with Gasteiger partial charge in [-0.05, 0) is 40.5 Å². The van der Waals surface area contributed by atoms with Crippen molar-refractivity contribution in [1.29, 1.82) is 0 Å². The van der Waals surface area contributed by atoms with Crippen LogP contribution in [0.25, 0.3) is 5.69 Å². The number of imidazole rings is 1. The first-order chi connectivity index (χ1) is 9.26. The summed E-state index contributed by atoms with van der Waals surface area (Å²) in [6.07, 6.45) is 6.05. The predicted octanol–water partition coefficient (Wildman–Crippen LogP) is 3.86. The number of aromatic nitrogens is 2. The first-order valence-corrected chi connectivity index (χ1v) is 7.16. The zero-order valence-electron chi connectivity index (χ0n) is 11.2. The highest BCUT2D eigenvalue weighted by molar-refractivity contribution is 9.10. The molecule has 4 nitrogen and oxygen atoms in total. The van der Waals surface area contributed by atoms with Crippen molar-refractivity contribution in [3.8, 4) is 11.4 Å². The van der Waals surface area contributed by atoms with Gasteiger partial charge in [-0.25, -0.2) is 4.98 Å². The fraction of sp³-hybridized carbons (Fsp3) is 0.357. The quantitative estimate of drug-likeness (QED) is 0.820. The summed E-state index contributed by atoms with van der Waals surface area (Å²) < 4.78 is 8.20. The van der Waals surface area contributed by atoms with Gasteiger partial charge in [0, 0.05) is 24.6 Å². The fourth-order valence-corrected chi connectivity index (χ4v) is 2.35. The van der Waals surface area contributed by atoms with Gasteiger partial charge in [-0.1, -0.05) is 13.3 Å². The molecule has 1 aromatic heterocycles. The molecular formula is C14H18BrN3O. The van der Waals surface area contributed by atoms with Crippen molar-refractivity contribution in [3.63, 3.8) is 0 Å². The summed E-state index contributed by atoms with van der Waals surface area (Å²) in [5.41, 5.74) is 1.05. The first-order valence-electron chi connectivity index (χ1n) is 6.37. The molecule has 1 aromatic carbocycles. The maximum Gasteiger partial charge on any atom is 0.207 e. The van der Waals surface area contributed by atoms with Crippen molar-refractivity contribution >= 4 is 21.9 Å². The predicted molar refractivity (Wildman–Crippen MR) is 81.2 cm³/mol. The number of benzene rings is 1. The van der Waals surface area contributed by atoms with E-state index in [0.29, 0.717) is 0 Å². The Hall–Kier alpha value is -1.49. The lowest BCUT2D eigenvalue weighted by Gasteiger charge is -2.11. The minimum absolute atomic E-state index is 0.823. The Morgan fingerprint density at radius 3 is 2.95 bits per heavy atom. The number of nitrogens with zero attached hydrogens (tertiary/aromatic N) is 2. The largest absolute Gasteiger partial charge is 0.496 e. The van der Waals surface area contributed by atoms with Crippen LogP contribution >= 0.6 is 15.9 Å². The highest BCUT2D eigenvalue weighted by atomic mass is 79.9. The van der Waals surface area contributed by atoms with Crippen LogP contribution < -0.4 is 10.1 Å². The highest BCUT2D eigenvalue weighted by Crippen LogP contribution is 2.28. The molecule has 0 saturated carbocycles. The molecule has 0 spiro atoms. The van der Waals surface area contributed by atoms with Crippen molar-refractivity contribution in [2.75, 3.05) is 19.0 Å². The van der Waals surface area contributed by atoms with E-state index >= 15 is 0 Å². The molecule has 0 bridgehead atoms. The third-order valence-corrected chi connectivity index (χ3v) is 3.49. The van der Waals surface area contributed by atoms with Crippen molar-refractivity contribution in [1.82, 2.24) is 9.55 Å². The number of hydrogen-bond acceptors (Lipinski definition) is 3. The summed E-state index contributed by atoms with van der Waals surface area (Å²) in [6, 6.07) is 5.97. The second kappa shape index (κ2) is 6.61. The lowest BCUT2D eigenvalue weighted by Crippen LogP contribution is -2.07. The standard InChI is InChI=1S/C14H18BrN3O/c1-3-4-7-16-14-17-8-9-18(14)11-5-6-13(19-2)12(15)10-11/h5-6,8-10H,3-4,7H2,1-2H3,(H,16,17). The number of halogens is 1. The number of anilines is 1. The van der Waals surface area contributed by atoms with Crippen LogP contribution in [-0.4, -0.2) is 23.2 Å². The molecule has 0 amide bonds. The molecule has 0 radical (unpaired) electrons. The van der Waals surface area contributed by atoms with Gasteiger partial charge >= 0.3 is 0 Å². The van der Waals surface area contributed by atoms with Crippen molar-refractivity contribution in [2.24, 2.45) is 0 Å². The molecule has 5 heteroatoms. The first kappa shape index (κ1) is 13.9. The maximum absolute atomic E-state index is 5.24. The summed E-state index contributed by atoms with van der Waals surface area (Å²) >= 11 is 3.50. The van der Waals surface area contributed by atoms with E-state index in [0.717, 1.165) is 34.8 Å². The van der Waals surface area contributed by atoms with Gasteiger partial charge < -0.3 is 10.1 Å². The Morgan fingerprint density at radius 1 is 1.42 bits per heavy atom. The number of hydrogen-bond donors (Lipinski definition) is 1. The molecule has 2 rings (SSSR count). The molecule has 0 fully saturated rings. The topological polar surface area (TPSA) is 39.1 Å². The number of rotatable bonds is 6. The fourth-order valence-electron chi connectivity index (χ4n) is 1.82. The number of ether oxygens (including phenoxy) is 1. The molecule has 0 unspecified atom stereocenters. The van der Waals surface area contributed by atoms with Crippen molar-refractivity contribution in [3.05, 3.63) is 35.1 Å².